The molecule has 0 bridgehead atoms. The number of hydrogen-bond donors (Lipinski definition) is 3. The highest BCUT2D eigenvalue weighted by Crippen LogP contribution is 2.19. The molecule has 2 aromatic heterocycles. The Morgan fingerprint density at radius 1 is 1.43 bits per heavy atom. The predicted octanol–water partition coefficient (Wildman–Crippen LogP) is 0.753. The van der Waals surface area contributed by atoms with Gasteiger partial charge in [-0.15, -0.1) is 0 Å². The molecule has 8 nitrogen and oxygen atoms in total. The number of aliphatic carboxylic acids is 1. The van der Waals surface area contributed by atoms with Crippen LogP contribution in [0.5, 0.6) is 0 Å². The molecule has 1 amide bonds. The lowest BCUT2D eigenvalue weighted by molar-refractivity contribution is -0.138. The van der Waals surface area contributed by atoms with Gasteiger partial charge in [-0.1, -0.05) is 0 Å². The average Bonchev–Trinajstić information content (AvgIpc) is 2.80. The molecule has 0 spiro atoms. The first-order valence-corrected chi connectivity index (χ1v) is 6.50. The van der Waals surface area contributed by atoms with Crippen LogP contribution in [0.2, 0.25) is 0 Å². The summed E-state index contributed by atoms with van der Waals surface area (Å²) >= 11 is 0. The lowest BCUT2D eigenvalue weighted by Crippen LogP contribution is -2.37. The summed E-state index contributed by atoms with van der Waals surface area (Å²) in [6.07, 6.45) is 2.73. The Hall–Kier alpha value is -2.48. The number of carbonyl (C=O) groups is 2. The average molecular weight is 291 g/mol. The first-order chi connectivity index (χ1) is 9.88. The summed E-state index contributed by atoms with van der Waals surface area (Å²) in [5.74, 6) is -1.68. The number of nitrogens with zero attached hydrogens (tertiary/aromatic N) is 3. The second-order valence-electron chi connectivity index (χ2n) is 5.01. The zero-order valence-electron chi connectivity index (χ0n) is 11.8. The molecule has 0 radical (unpaired) electrons. The van der Waals surface area contributed by atoms with Crippen molar-refractivity contribution < 1.29 is 14.7 Å². The topological polar surface area (TPSA) is 123 Å². The van der Waals surface area contributed by atoms with Crippen LogP contribution in [-0.2, 0) is 9.59 Å². The van der Waals surface area contributed by atoms with Gasteiger partial charge in [-0.25, -0.2) is 9.67 Å². The molecule has 0 aliphatic heterocycles. The van der Waals surface area contributed by atoms with E-state index in [1.165, 1.54) is 6.20 Å². The zero-order chi connectivity index (χ0) is 15.6. The lowest BCUT2D eigenvalue weighted by Gasteiger charge is -2.10. The van der Waals surface area contributed by atoms with Crippen molar-refractivity contribution in [2.75, 3.05) is 5.32 Å². The van der Waals surface area contributed by atoms with Gasteiger partial charge in [0.15, 0.2) is 5.65 Å². The molecular weight excluding hydrogens is 274 g/mol. The van der Waals surface area contributed by atoms with E-state index < -0.39 is 24.3 Å². The Morgan fingerprint density at radius 3 is 2.76 bits per heavy atom. The first kappa shape index (κ1) is 14.9. The van der Waals surface area contributed by atoms with Crippen molar-refractivity contribution >= 4 is 28.6 Å². The maximum atomic E-state index is 11.7. The van der Waals surface area contributed by atoms with E-state index in [0.717, 1.165) is 11.0 Å². The minimum atomic E-state index is -1.12. The van der Waals surface area contributed by atoms with Gasteiger partial charge in [-0.05, 0) is 19.9 Å². The third-order valence-electron chi connectivity index (χ3n) is 2.92. The van der Waals surface area contributed by atoms with Crippen molar-refractivity contribution in [3.05, 3.63) is 18.5 Å². The third-order valence-corrected chi connectivity index (χ3v) is 2.92. The molecule has 0 aromatic carbocycles. The van der Waals surface area contributed by atoms with E-state index in [0.29, 0.717) is 5.69 Å². The van der Waals surface area contributed by atoms with Gasteiger partial charge < -0.3 is 16.2 Å². The molecule has 112 valence electrons. The standard InChI is InChI=1S/C13H17N5O3/c1-7(2)18-12-8(5-16-18)3-9(6-15-12)17-13(21)10(14)4-11(19)20/h3,5-7,10H,4,14H2,1-2H3,(H,17,21)(H,19,20). The van der Waals surface area contributed by atoms with Crippen LogP contribution in [0, 0.1) is 0 Å². The molecule has 2 rings (SSSR count). The van der Waals surface area contributed by atoms with E-state index in [1.807, 2.05) is 13.8 Å². The highest BCUT2D eigenvalue weighted by atomic mass is 16.4. The molecule has 0 saturated heterocycles. The molecule has 0 aliphatic rings. The second-order valence-corrected chi connectivity index (χ2v) is 5.01. The maximum Gasteiger partial charge on any atom is 0.305 e. The summed E-state index contributed by atoms with van der Waals surface area (Å²) in [6.45, 7) is 3.99. The number of carboxylic acid groups (broad SMARTS) is 1. The van der Waals surface area contributed by atoms with Crippen molar-refractivity contribution in [1.29, 1.82) is 0 Å². The Morgan fingerprint density at radius 2 is 2.14 bits per heavy atom. The number of hydrogen-bond acceptors (Lipinski definition) is 5. The van der Waals surface area contributed by atoms with Gasteiger partial charge in [0.2, 0.25) is 5.91 Å². The van der Waals surface area contributed by atoms with Gasteiger partial charge in [0.25, 0.3) is 0 Å². The van der Waals surface area contributed by atoms with Crippen LogP contribution in [0.4, 0.5) is 5.69 Å². The summed E-state index contributed by atoms with van der Waals surface area (Å²) in [5, 5.41) is 16.2. The number of carboxylic acids is 1. The van der Waals surface area contributed by atoms with Crippen LogP contribution in [0.3, 0.4) is 0 Å². The third kappa shape index (κ3) is 3.34. The fourth-order valence-electron chi connectivity index (χ4n) is 1.90. The lowest BCUT2D eigenvalue weighted by atomic mass is 10.2. The van der Waals surface area contributed by atoms with Crippen molar-refractivity contribution in [1.82, 2.24) is 14.8 Å². The SMILES string of the molecule is CC(C)n1ncc2cc(NC(=O)C(N)CC(=O)O)cnc21. The number of anilines is 1. The van der Waals surface area contributed by atoms with Gasteiger partial charge in [-0.2, -0.15) is 5.10 Å². The monoisotopic (exact) mass is 291 g/mol. The van der Waals surface area contributed by atoms with Crippen LogP contribution in [0.25, 0.3) is 11.0 Å². The van der Waals surface area contributed by atoms with E-state index >= 15 is 0 Å². The quantitative estimate of drug-likeness (QED) is 0.747. The molecule has 4 N–H and O–H groups in total. The molecule has 8 heteroatoms. The second kappa shape index (κ2) is 5.88. The van der Waals surface area contributed by atoms with Crippen LogP contribution in [0.15, 0.2) is 18.5 Å². The first-order valence-electron chi connectivity index (χ1n) is 6.50. The summed E-state index contributed by atoms with van der Waals surface area (Å²) < 4.78 is 1.77. The number of rotatable bonds is 5. The Bertz CT molecular complexity index is 679. The Kier molecular flexibility index (Phi) is 4.18. The normalized spacial score (nSPS) is 12.6. The van der Waals surface area contributed by atoms with Crippen molar-refractivity contribution in [3.8, 4) is 0 Å². The van der Waals surface area contributed by atoms with Crippen molar-refractivity contribution in [2.45, 2.75) is 32.4 Å². The van der Waals surface area contributed by atoms with Gasteiger partial charge >= 0.3 is 5.97 Å². The fraction of sp³-hybridized carbons (Fsp3) is 0.385. The predicted molar refractivity (Wildman–Crippen MR) is 76.8 cm³/mol. The molecule has 0 saturated carbocycles. The van der Waals surface area contributed by atoms with Crippen molar-refractivity contribution in [2.24, 2.45) is 5.73 Å². The summed E-state index contributed by atoms with van der Waals surface area (Å²) in [4.78, 5) is 26.5. The summed E-state index contributed by atoms with van der Waals surface area (Å²) in [5.41, 5.74) is 6.67. The van der Waals surface area contributed by atoms with Crippen LogP contribution < -0.4 is 11.1 Å². The fourth-order valence-corrected chi connectivity index (χ4v) is 1.90. The number of pyridine rings is 1. The highest BCUT2D eigenvalue weighted by Gasteiger charge is 2.17. The summed E-state index contributed by atoms with van der Waals surface area (Å²) in [6, 6.07) is 0.801. The molecule has 2 heterocycles. The van der Waals surface area contributed by atoms with Gasteiger partial charge in [-0.3, -0.25) is 9.59 Å². The number of aromatic nitrogens is 3. The van der Waals surface area contributed by atoms with Crippen molar-refractivity contribution in [3.63, 3.8) is 0 Å². The number of amides is 1. The number of carbonyl (C=O) groups excluding carboxylic acids is 1. The van der Waals surface area contributed by atoms with E-state index in [2.05, 4.69) is 15.4 Å². The molecule has 1 unspecified atom stereocenters. The molecule has 0 aliphatic carbocycles. The maximum absolute atomic E-state index is 11.7. The Balaban J connectivity index is 2.16. The zero-order valence-corrected chi connectivity index (χ0v) is 11.8. The molecular formula is C13H17N5O3. The van der Waals surface area contributed by atoms with Crippen LogP contribution >= 0.6 is 0 Å². The van der Waals surface area contributed by atoms with E-state index in [-0.39, 0.29) is 6.04 Å². The highest BCUT2D eigenvalue weighted by molar-refractivity contribution is 5.97. The van der Waals surface area contributed by atoms with E-state index in [9.17, 15) is 9.59 Å². The largest absolute Gasteiger partial charge is 0.481 e. The van der Waals surface area contributed by atoms with E-state index in [4.69, 9.17) is 10.8 Å². The molecule has 2 aromatic rings. The molecule has 1 atom stereocenters. The van der Waals surface area contributed by atoms with Gasteiger partial charge in [0, 0.05) is 11.4 Å². The Labute approximate surface area is 121 Å². The number of nitrogens with two attached hydrogens (primary N) is 1. The van der Waals surface area contributed by atoms with Crippen LogP contribution in [0.1, 0.15) is 26.3 Å². The molecule has 21 heavy (non-hydrogen) atoms. The smallest absolute Gasteiger partial charge is 0.305 e. The number of fused-ring (bicyclic) bond motifs is 1. The van der Waals surface area contributed by atoms with Crippen LogP contribution in [-0.4, -0.2) is 37.8 Å². The minimum Gasteiger partial charge on any atom is -0.481 e. The van der Waals surface area contributed by atoms with E-state index in [1.54, 1.807) is 16.9 Å². The number of nitrogens with one attached hydrogen (secondary N) is 1. The summed E-state index contributed by atoms with van der Waals surface area (Å²) in [7, 11) is 0. The van der Waals surface area contributed by atoms with Gasteiger partial charge in [0.1, 0.15) is 0 Å². The van der Waals surface area contributed by atoms with Gasteiger partial charge in [0.05, 0.1) is 30.5 Å². The molecule has 0 fully saturated rings. The minimum absolute atomic E-state index is 0.180.